The lowest BCUT2D eigenvalue weighted by molar-refractivity contribution is -0.132. The van der Waals surface area contributed by atoms with Crippen molar-refractivity contribution < 1.29 is 14.3 Å². The number of likely N-dealkylation sites (N-methyl/N-ethyl adjacent to an activating group) is 1. The number of aryl methyl sites for hydroxylation is 1. The zero-order valence-corrected chi connectivity index (χ0v) is 14.0. The molecule has 0 aliphatic heterocycles. The van der Waals surface area contributed by atoms with Crippen LogP contribution >= 0.6 is 11.6 Å². The number of rotatable bonds is 7. The molecule has 2 aromatic carbocycles. The molecule has 0 saturated heterocycles. The van der Waals surface area contributed by atoms with Gasteiger partial charge in [0, 0.05) is 12.1 Å². The van der Waals surface area contributed by atoms with E-state index < -0.39 is 0 Å². The molecule has 0 aliphatic rings. The largest absolute Gasteiger partial charge is 0.492 e. The smallest absolute Gasteiger partial charge is 0.260 e. The summed E-state index contributed by atoms with van der Waals surface area (Å²) >= 11 is 5.81. The minimum atomic E-state index is -0.0923. The van der Waals surface area contributed by atoms with Crippen LogP contribution in [-0.2, 0) is 4.79 Å². The lowest BCUT2D eigenvalue weighted by atomic mass is 10.2. The monoisotopic (exact) mass is 333 g/mol. The highest BCUT2D eigenvalue weighted by atomic mass is 35.5. The van der Waals surface area contributed by atoms with Crippen LogP contribution < -0.4 is 9.47 Å². The van der Waals surface area contributed by atoms with E-state index in [9.17, 15) is 4.79 Å². The molecule has 0 aromatic heterocycles. The minimum Gasteiger partial charge on any atom is -0.492 e. The normalized spacial score (nSPS) is 10.2. The summed E-state index contributed by atoms with van der Waals surface area (Å²) in [6, 6.07) is 14.7. The number of ether oxygens (including phenoxy) is 2. The fourth-order valence-electron chi connectivity index (χ4n) is 1.85. The first-order chi connectivity index (χ1) is 11.0. The first kappa shape index (κ1) is 17.2. The predicted molar refractivity (Wildman–Crippen MR) is 91.3 cm³/mol. The fourth-order valence-corrected chi connectivity index (χ4v) is 1.97. The lowest BCUT2D eigenvalue weighted by Crippen LogP contribution is -2.34. The van der Waals surface area contributed by atoms with Crippen molar-refractivity contribution in [3.05, 3.63) is 59.1 Å². The summed E-state index contributed by atoms with van der Waals surface area (Å²) in [5.74, 6) is 1.33. The maximum Gasteiger partial charge on any atom is 0.260 e. The van der Waals surface area contributed by atoms with Gasteiger partial charge in [0.05, 0.1) is 6.54 Å². The molecule has 0 saturated carbocycles. The summed E-state index contributed by atoms with van der Waals surface area (Å²) in [4.78, 5) is 13.6. The second kappa shape index (κ2) is 8.44. The molecule has 4 nitrogen and oxygen atoms in total. The average molecular weight is 334 g/mol. The van der Waals surface area contributed by atoms with Crippen molar-refractivity contribution in [3.63, 3.8) is 0 Å². The number of carbonyl (C=O) groups excluding carboxylic acids is 1. The van der Waals surface area contributed by atoms with E-state index in [1.807, 2.05) is 31.2 Å². The van der Waals surface area contributed by atoms with Crippen LogP contribution in [0.25, 0.3) is 0 Å². The van der Waals surface area contributed by atoms with Gasteiger partial charge in [-0.1, -0.05) is 29.3 Å². The van der Waals surface area contributed by atoms with E-state index in [2.05, 4.69) is 0 Å². The zero-order valence-electron chi connectivity index (χ0n) is 13.3. The molecular weight excluding hydrogens is 314 g/mol. The Labute approximate surface area is 141 Å². The third-order valence-electron chi connectivity index (χ3n) is 3.32. The van der Waals surface area contributed by atoms with Crippen LogP contribution in [0.4, 0.5) is 0 Å². The van der Waals surface area contributed by atoms with Gasteiger partial charge in [-0.2, -0.15) is 0 Å². The summed E-state index contributed by atoms with van der Waals surface area (Å²) in [5, 5.41) is 0.665. The molecule has 0 spiro atoms. The van der Waals surface area contributed by atoms with Crippen LogP contribution in [0.3, 0.4) is 0 Å². The lowest BCUT2D eigenvalue weighted by Gasteiger charge is -2.18. The van der Waals surface area contributed by atoms with Gasteiger partial charge >= 0.3 is 0 Å². The van der Waals surface area contributed by atoms with Gasteiger partial charge < -0.3 is 14.4 Å². The van der Waals surface area contributed by atoms with Crippen molar-refractivity contribution >= 4 is 17.5 Å². The number of halogens is 1. The van der Waals surface area contributed by atoms with Crippen molar-refractivity contribution in [2.75, 3.05) is 26.8 Å². The predicted octanol–water partition coefficient (Wildman–Crippen LogP) is 3.56. The molecule has 2 aromatic rings. The van der Waals surface area contributed by atoms with Crippen molar-refractivity contribution in [2.24, 2.45) is 0 Å². The number of amides is 1. The van der Waals surface area contributed by atoms with Gasteiger partial charge in [-0.05, 0) is 43.3 Å². The van der Waals surface area contributed by atoms with Gasteiger partial charge in [0.1, 0.15) is 18.1 Å². The van der Waals surface area contributed by atoms with Crippen LogP contribution in [0.2, 0.25) is 5.02 Å². The van der Waals surface area contributed by atoms with Crippen LogP contribution in [0.15, 0.2) is 48.5 Å². The van der Waals surface area contributed by atoms with Crippen LogP contribution in [0, 0.1) is 6.92 Å². The topological polar surface area (TPSA) is 38.8 Å². The molecule has 0 atom stereocenters. The molecule has 23 heavy (non-hydrogen) atoms. The van der Waals surface area contributed by atoms with E-state index in [0.29, 0.717) is 23.9 Å². The third kappa shape index (κ3) is 5.83. The van der Waals surface area contributed by atoms with Gasteiger partial charge in [-0.15, -0.1) is 0 Å². The molecule has 2 rings (SSSR count). The van der Waals surface area contributed by atoms with Crippen LogP contribution in [-0.4, -0.2) is 37.6 Å². The number of benzene rings is 2. The number of carbonyl (C=O) groups is 1. The summed E-state index contributed by atoms with van der Waals surface area (Å²) in [7, 11) is 1.73. The van der Waals surface area contributed by atoms with Gasteiger partial charge in [-0.3, -0.25) is 4.79 Å². The van der Waals surface area contributed by atoms with Crippen molar-refractivity contribution in [2.45, 2.75) is 6.92 Å². The maximum atomic E-state index is 12.0. The fraction of sp³-hybridized carbons (Fsp3) is 0.278. The molecule has 0 fully saturated rings. The molecule has 0 heterocycles. The van der Waals surface area contributed by atoms with E-state index in [4.69, 9.17) is 21.1 Å². The Morgan fingerprint density at radius 1 is 1.00 bits per heavy atom. The Morgan fingerprint density at radius 3 is 2.22 bits per heavy atom. The Hall–Kier alpha value is -2.20. The summed E-state index contributed by atoms with van der Waals surface area (Å²) in [6.07, 6.45) is 0. The van der Waals surface area contributed by atoms with E-state index in [0.717, 1.165) is 11.3 Å². The third-order valence-corrected chi connectivity index (χ3v) is 3.57. The highest BCUT2D eigenvalue weighted by molar-refractivity contribution is 6.30. The zero-order chi connectivity index (χ0) is 16.7. The first-order valence-electron chi connectivity index (χ1n) is 7.36. The first-order valence-corrected chi connectivity index (χ1v) is 7.74. The molecule has 5 heteroatoms. The second-order valence-corrected chi connectivity index (χ2v) is 5.66. The quantitative estimate of drug-likeness (QED) is 0.777. The molecule has 0 aliphatic carbocycles. The Morgan fingerprint density at radius 2 is 1.57 bits per heavy atom. The van der Waals surface area contributed by atoms with Crippen molar-refractivity contribution in [1.82, 2.24) is 4.90 Å². The highest BCUT2D eigenvalue weighted by Gasteiger charge is 2.09. The Balaban J connectivity index is 1.70. The molecule has 122 valence electrons. The second-order valence-electron chi connectivity index (χ2n) is 5.22. The van der Waals surface area contributed by atoms with Crippen molar-refractivity contribution in [3.8, 4) is 11.5 Å². The van der Waals surface area contributed by atoms with Gasteiger partial charge in [-0.25, -0.2) is 0 Å². The SMILES string of the molecule is Cc1ccc(OCC(=O)N(C)CCOc2ccc(Cl)cc2)cc1. The summed E-state index contributed by atoms with van der Waals surface area (Å²) < 4.78 is 11.0. The standard InChI is InChI=1S/C18H20ClNO3/c1-14-3-7-17(8-4-14)23-13-18(21)20(2)11-12-22-16-9-5-15(19)6-10-16/h3-10H,11-13H2,1-2H3. The van der Waals surface area contributed by atoms with Crippen molar-refractivity contribution in [1.29, 1.82) is 0 Å². The van der Waals surface area contributed by atoms with Crippen LogP contribution in [0.1, 0.15) is 5.56 Å². The van der Waals surface area contributed by atoms with Crippen LogP contribution in [0.5, 0.6) is 11.5 Å². The van der Waals surface area contributed by atoms with Gasteiger partial charge in [0.25, 0.3) is 5.91 Å². The van der Waals surface area contributed by atoms with E-state index in [-0.39, 0.29) is 12.5 Å². The maximum absolute atomic E-state index is 12.0. The summed E-state index contributed by atoms with van der Waals surface area (Å²) in [6.45, 7) is 2.91. The Bertz CT molecular complexity index is 626. The molecular formula is C18H20ClNO3. The number of nitrogens with zero attached hydrogens (tertiary/aromatic N) is 1. The Kier molecular flexibility index (Phi) is 6.29. The number of hydrogen-bond acceptors (Lipinski definition) is 3. The molecule has 0 unspecified atom stereocenters. The van der Waals surface area contributed by atoms with Gasteiger partial charge in [0.2, 0.25) is 0 Å². The number of hydrogen-bond donors (Lipinski definition) is 0. The van der Waals surface area contributed by atoms with E-state index in [1.165, 1.54) is 0 Å². The molecule has 0 radical (unpaired) electrons. The molecule has 1 amide bonds. The average Bonchev–Trinajstić information content (AvgIpc) is 2.55. The minimum absolute atomic E-state index is 0.0144. The van der Waals surface area contributed by atoms with E-state index >= 15 is 0 Å². The highest BCUT2D eigenvalue weighted by Crippen LogP contribution is 2.15. The van der Waals surface area contributed by atoms with E-state index in [1.54, 1.807) is 36.2 Å². The molecule has 0 N–H and O–H groups in total. The molecule has 0 bridgehead atoms. The summed E-state index contributed by atoms with van der Waals surface area (Å²) in [5.41, 5.74) is 1.15. The van der Waals surface area contributed by atoms with Gasteiger partial charge in [0.15, 0.2) is 6.61 Å².